The minimum atomic E-state index is 0.168. The second-order valence-electron chi connectivity index (χ2n) is 3.35. The van der Waals surface area contributed by atoms with Gasteiger partial charge in [0.15, 0.2) is 0 Å². The smallest absolute Gasteiger partial charge is 0.149 e. The molecule has 1 N–H and O–H groups in total. The number of aromatic nitrogens is 3. The minimum Gasteiger partial charge on any atom is -0.360 e. The quantitative estimate of drug-likeness (QED) is 0.863. The third-order valence-corrected chi connectivity index (χ3v) is 2.94. The van der Waals surface area contributed by atoms with Crippen LogP contribution in [0.5, 0.6) is 0 Å². The minimum absolute atomic E-state index is 0.168. The highest BCUT2D eigenvalue weighted by Crippen LogP contribution is 2.19. The molecule has 0 fully saturated rings. The molecule has 78 valence electrons. The van der Waals surface area contributed by atoms with Gasteiger partial charge in [0.25, 0.3) is 0 Å². The van der Waals surface area contributed by atoms with Crippen LogP contribution in [0.2, 0.25) is 0 Å². The highest BCUT2D eigenvalue weighted by molar-refractivity contribution is 7.09. The molecule has 15 heavy (non-hydrogen) atoms. The normalized spacial score (nSPS) is 12.4. The summed E-state index contributed by atoms with van der Waals surface area (Å²) in [4.78, 5) is 4.24. The molecule has 0 radical (unpaired) electrons. The van der Waals surface area contributed by atoms with Crippen LogP contribution in [0.4, 0.5) is 5.82 Å². The predicted octanol–water partition coefficient (Wildman–Crippen LogP) is 2.41. The van der Waals surface area contributed by atoms with Crippen molar-refractivity contribution in [3.05, 3.63) is 34.4 Å². The van der Waals surface area contributed by atoms with E-state index < -0.39 is 0 Å². The summed E-state index contributed by atoms with van der Waals surface area (Å²) in [5.74, 6) is 0.790. The van der Waals surface area contributed by atoms with Crippen molar-refractivity contribution in [3.8, 4) is 0 Å². The molecule has 0 aromatic carbocycles. The topological polar surface area (TPSA) is 50.7 Å². The number of nitrogens with zero attached hydrogens (tertiary/aromatic N) is 3. The lowest BCUT2D eigenvalue weighted by Gasteiger charge is -2.11. The number of nitrogens with one attached hydrogen (secondary N) is 1. The van der Waals surface area contributed by atoms with Crippen molar-refractivity contribution in [1.29, 1.82) is 0 Å². The first kappa shape index (κ1) is 10.0. The van der Waals surface area contributed by atoms with Gasteiger partial charge in [-0.3, -0.25) is 0 Å². The standard InChI is InChI=1S/C10H12N4S/c1-7-5-9(14-12-6-7)13-8(2)10-11-3-4-15-10/h3-6,8H,1-2H3,(H,13,14). The van der Waals surface area contributed by atoms with Crippen molar-refractivity contribution in [2.45, 2.75) is 19.9 Å². The Balaban J connectivity index is 2.09. The Morgan fingerprint density at radius 1 is 1.47 bits per heavy atom. The molecule has 2 heterocycles. The van der Waals surface area contributed by atoms with Gasteiger partial charge in [0.1, 0.15) is 10.8 Å². The third kappa shape index (κ3) is 2.50. The summed E-state index contributed by atoms with van der Waals surface area (Å²) in [6.07, 6.45) is 3.54. The molecule has 2 aromatic heterocycles. The lowest BCUT2D eigenvalue weighted by Crippen LogP contribution is -2.08. The van der Waals surface area contributed by atoms with Gasteiger partial charge in [0, 0.05) is 11.6 Å². The Hall–Kier alpha value is -1.49. The summed E-state index contributed by atoms with van der Waals surface area (Å²) in [5.41, 5.74) is 1.10. The third-order valence-electron chi connectivity index (χ3n) is 1.98. The molecule has 5 heteroatoms. The van der Waals surface area contributed by atoms with Gasteiger partial charge in [-0.05, 0) is 25.5 Å². The van der Waals surface area contributed by atoms with Gasteiger partial charge in [-0.15, -0.1) is 16.4 Å². The molecule has 1 atom stereocenters. The van der Waals surface area contributed by atoms with Gasteiger partial charge < -0.3 is 5.32 Å². The maximum Gasteiger partial charge on any atom is 0.149 e. The zero-order valence-corrected chi connectivity index (χ0v) is 9.45. The average Bonchev–Trinajstić information content (AvgIpc) is 2.70. The average molecular weight is 220 g/mol. The summed E-state index contributed by atoms with van der Waals surface area (Å²) >= 11 is 1.63. The Kier molecular flexibility index (Phi) is 2.91. The fourth-order valence-electron chi connectivity index (χ4n) is 1.27. The van der Waals surface area contributed by atoms with E-state index in [9.17, 15) is 0 Å². The molecule has 0 amide bonds. The Labute approximate surface area is 92.4 Å². The van der Waals surface area contributed by atoms with E-state index in [2.05, 4.69) is 27.4 Å². The van der Waals surface area contributed by atoms with Gasteiger partial charge in [0.05, 0.1) is 12.2 Å². The van der Waals surface area contributed by atoms with Crippen molar-refractivity contribution >= 4 is 17.2 Å². The molecular formula is C10H12N4S. The fourth-order valence-corrected chi connectivity index (χ4v) is 1.91. The summed E-state index contributed by atoms with van der Waals surface area (Å²) in [6, 6.07) is 2.14. The van der Waals surface area contributed by atoms with Crippen molar-refractivity contribution in [1.82, 2.24) is 15.2 Å². The number of hydrogen-bond donors (Lipinski definition) is 1. The van der Waals surface area contributed by atoms with Crippen molar-refractivity contribution < 1.29 is 0 Å². The first-order valence-electron chi connectivity index (χ1n) is 4.71. The SMILES string of the molecule is Cc1cnnc(NC(C)c2nccs2)c1. The first-order chi connectivity index (χ1) is 7.25. The summed E-state index contributed by atoms with van der Waals surface area (Å²) < 4.78 is 0. The molecule has 2 aromatic rings. The zero-order chi connectivity index (χ0) is 10.7. The van der Waals surface area contributed by atoms with Crippen molar-refractivity contribution in [2.24, 2.45) is 0 Å². The molecule has 0 saturated heterocycles. The van der Waals surface area contributed by atoms with Crippen LogP contribution in [0.25, 0.3) is 0 Å². The van der Waals surface area contributed by atoms with E-state index in [1.54, 1.807) is 23.7 Å². The predicted molar refractivity (Wildman–Crippen MR) is 60.9 cm³/mol. The molecule has 0 bridgehead atoms. The van der Waals surface area contributed by atoms with Crippen molar-refractivity contribution in [3.63, 3.8) is 0 Å². The van der Waals surface area contributed by atoms with E-state index in [4.69, 9.17) is 0 Å². The molecule has 2 rings (SSSR count). The number of rotatable bonds is 3. The van der Waals surface area contributed by atoms with E-state index in [-0.39, 0.29) is 6.04 Å². The molecule has 1 unspecified atom stereocenters. The molecule has 0 spiro atoms. The highest BCUT2D eigenvalue weighted by Gasteiger charge is 2.08. The van der Waals surface area contributed by atoms with Gasteiger partial charge in [-0.2, -0.15) is 5.10 Å². The number of hydrogen-bond acceptors (Lipinski definition) is 5. The second-order valence-corrected chi connectivity index (χ2v) is 4.28. The van der Waals surface area contributed by atoms with Crippen LogP contribution >= 0.6 is 11.3 Å². The maximum absolute atomic E-state index is 4.24. The van der Waals surface area contributed by atoms with Gasteiger partial charge >= 0.3 is 0 Å². The van der Waals surface area contributed by atoms with Gasteiger partial charge in [0.2, 0.25) is 0 Å². The second kappa shape index (κ2) is 4.35. The monoisotopic (exact) mass is 220 g/mol. The van der Waals surface area contributed by atoms with Crippen LogP contribution in [0.15, 0.2) is 23.8 Å². The summed E-state index contributed by atoms with van der Waals surface area (Å²) in [7, 11) is 0. The number of anilines is 1. The van der Waals surface area contributed by atoms with Crippen LogP contribution in [-0.4, -0.2) is 15.2 Å². The van der Waals surface area contributed by atoms with Crippen LogP contribution < -0.4 is 5.32 Å². The molecule has 0 aliphatic carbocycles. The summed E-state index contributed by atoms with van der Waals surface area (Å²) in [5, 5.41) is 14.2. The van der Waals surface area contributed by atoms with E-state index in [1.807, 2.05) is 18.4 Å². The lowest BCUT2D eigenvalue weighted by molar-refractivity contribution is 0.847. The van der Waals surface area contributed by atoms with Crippen LogP contribution in [-0.2, 0) is 0 Å². The molecular weight excluding hydrogens is 208 g/mol. The molecule has 0 aliphatic heterocycles. The summed E-state index contributed by atoms with van der Waals surface area (Å²) in [6.45, 7) is 4.05. The van der Waals surface area contributed by atoms with E-state index in [0.717, 1.165) is 16.4 Å². The molecule has 0 saturated carbocycles. The Morgan fingerprint density at radius 2 is 2.33 bits per heavy atom. The van der Waals surface area contributed by atoms with Crippen LogP contribution in [0.3, 0.4) is 0 Å². The van der Waals surface area contributed by atoms with E-state index in [1.165, 1.54) is 0 Å². The van der Waals surface area contributed by atoms with Crippen LogP contribution in [0, 0.1) is 6.92 Å². The Bertz CT molecular complexity index is 427. The number of thiazole rings is 1. The molecule has 0 aliphatic rings. The Morgan fingerprint density at radius 3 is 3.00 bits per heavy atom. The number of aryl methyl sites for hydroxylation is 1. The molecule has 4 nitrogen and oxygen atoms in total. The highest BCUT2D eigenvalue weighted by atomic mass is 32.1. The largest absolute Gasteiger partial charge is 0.360 e. The van der Waals surface area contributed by atoms with E-state index >= 15 is 0 Å². The van der Waals surface area contributed by atoms with Gasteiger partial charge in [-0.25, -0.2) is 4.98 Å². The lowest BCUT2D eigenvalue weighted by atomic mass is 10.3. The zero-order valence-electron chi connectivity index (χ0n) is 8.64. The van der Waals surface area contributed by atoms with E-state index in [0.29, 0.717) is 0 Å². The first-order valence-corrected chi connectivity index (χ1v) is 5.59. The van der Waals surface area contributed by atoms with Crippen LogP contribution in [0.1, 0.15) is 23.5 Å². The fraction of sp³-hybridized carbons (Fsp3) is 0.300. The van der Waals surface area contributed by atoms with Crippen molar-refractivity contribution in [2.75, 3.05) is 5.32 Å². The van der Waals surface area contributed by atoms with Gasteiger partial charge in [-0.1, -0.05) is 0 Å². The maximum atomic E-state index is 4.24.